The zero-order chi connectivity index (χ0) is 11.1. The molecule has 16 heavy (non-hydrogen) atoms. The van der Waals surface area contributed by atoms with E-state index in [1.165, 1.54) is 0 Å². The molecule has 5 heteroatoms. The molecular formula is C11H20ClN3O. The Bertz CT molecular complexity index is 244. The summed E-state index contributed by atoms with van der Waals surface area (Å²) in [5, 5.41) is 11.1. The van der Waals surface area contributed by atoms with Crippen molar-refractivity contribution in [3.05, 3.63) is 0 Å². The molecule has 0 radical (unpaired) electrons. The van der Waals surface area contributed by atoms with Gasteiger partial charge in [-0.15, -0.1) is 12.4 Å². The maximum atomic E-state index is 11.6. The van der Waals surface area contributed by atoms with Crippen LogP contribution in [0.1, 0.15) is 32.1 Å². The van der Waals surface area contributed by atoms with Gasteiger partial charge in [-0.05, 0) is 38.1 Å². The quantitative estimate of drug-likeness (QED) is 0.731. The first-order valence-electron chi connectivity index (χ1n) is 5.62. The Hall–Kier alpha value is -0.790. The van der Waals surface area contributed by atoms with Crippen LogP contribution in [0.3, 0.4) is 0 Å². The lowest BCUT2D eigenvalue weighted by molar-refractivity contribution is -0.126. The van der Waals surface area contributed by atoms with E-state index in [1.54, 1.807) is 0 Å². The summed E-state index contributed by atoms with van der Waals surface area (Å²) in [5.74, 6) is 0.861. The van der Waals surface area contributed by atoms with E-state index in [4.69, 9.17) is 11.0 Å². The molecule has 4 nitrogen and oxygen atoms in total. The van der Waals surface area contributed by atoms with Crippen molar-refractivity contribution in [2.24, 2.45) is 17.6 Å². The number of nitrogens with two attached hydrogens (primary N) is 1. The second-order valence-corrected chi connectivity index (χ2v) is 4.15. The molecule has 1 aliphatic rings. The predicted octanol–water partition coefficient (Wildman–Crippen LogP) is 1.20. The van der Waals surface area contributed by atoms with Gasteiger partial charge in [-0.25, -0.2) is 0 Å². The molecule has 1 fully saturated rings. The molecule has 0 atom stereocenters. The first-order chi connectivity index (χ1) is 7.27. The van der Waals surface area contributed by atoms with Crippen molar-refractivity contribution >= 4 is 18.3 Å². The van der Waals surface area contributed by atoms with Crippen molar-refractivity contribution in [2.45, 2.75) is 32.1 Å². The van der Waals surface area contributed by atoms with Gasteiger partial charge in [0.1, 0.15) is 0 Å². The highest BCUT2D eigenvalue weighted by Gasteiger charge is 2.25. The molecule has 0 aliphatic heterocycles. The molecule has 0 aromatic carbocycles. The Labute approximate surface area is 103 Å². The molecule has 1 aliphatic carbocycles. The van der Waals surface area contributed by atoms with E-state index in [-0.39, 0.29) is 24.2 Å². The first-order valence-corrected chi connectivity index (χ1v) is 5.62. The van der Waals surface area contributed by atoms with Crippen LogP contribution in [-0.2, 0) is 4.79 Å². The first kappa shape index (κ1) is 15.2. The number of rotatable bonds is 4. The summed E-state index contributed by atoms with van der Waals surface area (Å²) in [5.41, 5.74) is 5.59. The molecule has 0 heterocycles. The normalized spacial score (nSPS) is 24.0. The van der Waals surface area contributed by atoms with Gasteiger partial charge in [0.15, 0.2) is 0 Å². The molecule has 0 bridgehead atoms. The van der Waals surface area contributed by atoms with Crippen LogP contribution in [0.15, 0.2) is 0 Å². The fourth-order valence-corrected chi connectivity index (χ4v) is 2.05. The molecule has 1 rings (SSSR count). The smallest absolute Gasteiger partial charge is 0.223 e. The topological polar surface area (TPSA) is 78.9 Å². The Morgan fingerprint density at radius 1 is 1.38 bits per heavy atom. The lowest BCUT2D eigenvalue weighted by Gasteiger charge is -2.26. The SMILES string of the molecule is Cl.N#CCCNC(=O)C1CCC(CN)CC1. The van der Waals surface area contributed by atoms with E-state index in [1.807, 2.05) is 6.07 Å². The zero-order valence-corrected chi connectivity index (χ0v) is 10.3. The van der Waals surface area contributed by atoms with Crippen LogP contribution in [0.5, 0.6) is 0 Å². The number of nitrogens with zero attached hydrogens (tertiary/aromatic N) is 1. The van der Waals surface area contributed by atoms with E-state index in [0.29, 0.717) is 18.9 Å². The van der Waals surface area contributed by atoms with E-state index >= 15 is 0 Å². The fraction of sp³-hybridized carbons (Fsp3) is 0.818. The van der Waals surface area contributed by atoms with Gasteiger partial charge in [0.05, 0.1) is 12.5 Å². The molecule has 3 N–H and O–H groups in total. The Morgan fingerprint density at radius 2 is 2.00 bits per heavy atom. The molecule has 0 spiro atoms. The van der Waals surface area contributed by atoms with Gasteiger partial charge in [-0.2, -0.15) is 5.26 Å². The summed E-state index contributed by atoms with van der Waals surface area (Å²) in [6.07, 6.45) is 4.41. The standard InChI is InChI=1S/C11H19N3O.ClH/c12-6-1-7-14-11(15)10-4-2-9(8-13)3-5-10;/h9-10H,1-5,7-8,13H2,(H,14,15);1H. The average Bonchev–Trinajstić information content (AvgIpc) is 2.29. The highest BCUT2D eigenvalue weighted by atomic mass is 35.5. The van der Waals surface area contributed by atoms with Gasteiger partial charge in [0.2, 0.25) is 5.91 Å². The lowest BCUT2D eigenvalue weighted by Crippen LogP contribution is -2.34. The number of hydrogen-bond acceptors (Lipinski definition) is 3. The van der Waals surface area contributed by atoms with Crippen molar-refractivity contribution in [3.8, 4) is 6.07 Å². The second-order valence-electron chi connectivity index (χ2n) is 4.15. The van der Waals surface area contributed by atoms with Crippen LogP contribution >= 0.6 is 12.4 Å². The highest BCUT2D eigenvalue weighted by molar-refractivity contribution is 5.85. The van der Waals surface area contributed by atoms with Gasteiger partial charge in [0, 0.05) is 12.5 Å². The molecular weight excluding hydrogens is 226 g/mol. The number of carbonyl (C=O) groups excluding carboxylic acids is 1. The Morgan fingerprint density at radius 3 is 2.50 bits per heavy atom. The van der Waals surface area contributed by atoms with Crippen LogP contribution < -0.4 is 11.1 Å². The van der Waals surface area contributed by atoms with E-state index in [0.717, 1.165) is 32.2 Å². The summed E-state index contributed by atoms with van der Waals surface area (Å²) in [7, 11) is 0. The minimum atomic E-state index is 0. The van der Waals surface area contributed by atoms with E-state index in [2.05, 4.69) is 5.32 Å². The summed E-state index contributed by atoms with van der Waals surface area (Å²) < 4.78 is 0. The molecule has 1 amide bonds. The second kappa shape index (κ2) is 8.37. The van der Waals surface area contributed by atoms with Gasteiger partial charge in [0.25, 0.3) is 0 Å². The summed E-state index contributed by atoms with van der Waals surface area (Å²) in [4.78, 5) is 11.6. The Balaban J connectivity index is 0.00000225. The van der Waals surface area contributed by atoms with Crippen molar-refractivity contribution in [3.63, 3.8) is 0 Å². The van der Waals surface area contributed by atoms with Crippen molar-refractivity contribution in [1.82, 2.24) is 5.32 Å². The van der Waals surface area contributed by atoms with E-state index in [9.17, 15) is 4.79 Å². The molecule has 1 saturated carbocycles. The highest BCUT2D eigenvalue weighted by Crippen LogP contribution is 2.27. The number of nitriles is 1. The number of hydrogen-bond donors (Lipinski definition) is 2. The zero-order valence-electron chi connectivity index (χ0n) is 9.45. The third-order valence-corrected chi connectivity index (χ3v) is 3.09. The summed E-state index contributed by atoms with van der Waals surface area (Å²) >= 11 is 0. The molecule has 0 aromatic heterocycles. The molecule has 0 aromatic rings. The summed E-state index contributed by atoms with van der Waals surface area (Å²) in [6.45, 7) is 1.22. The number of amides is 1. The van der Waals surface area contributed by atoms with Crippen molar-refractivity contribution in [2.75, 3.05) is 13.1 Å². The van der Waals surface area contributed by atoms with Gasteiger partial charge in [-0.1, -0.05) is 0 Å². The minimum Gasteiger partial charge on any atom is -0.355 e. The molecule has 92 valence electrons. The number of halogens is 1. The molecule has 0 saturated heterocycles. The van der Waals surface area contributed by atoms with Crippen LogP contribution in [0, 0.1) is 23.2 Å². The van der Waals surface area contributed by atoms with Gasteiger partial charge in [-0.3, -0.25) is 4.79 Å². The molecule has 0 unspecified atom stereocenters. The largest absolute Gasteiger partial charge is 0.355 e. The van der Waals surface area contributed by atoms with Crippen LogP contribution in [-0.4, -0.2) is 19.0 Å². The Kier molecular flexibility index (Phi) is 7.96. The van der Waals surface area contributed by atoms with Crippen LogP contribution in [0.2, 0.25) is 0 Å². The van der Waals surface area contributed by atoms with Crippen LogP contribution in [0.25, 0.3) is 0 Å². The predicted molar refractivity (Wildman–Crippen MR) is 65.0 cm³/mol. The average molecular weight is 246 g/mol. The van der Waals surface area contributed by atoms with Gasteiger partial charge < -0.3 is 11.1 Å². The van der Waals surface area contributed by atoms with Crippen molar-refractivity contribution < 1.29 is 4.79 Å². The monoisotopic (exact) mass is 245 g/mol. The maximum absolute atomic E-state index is 11.6. The number of nitrogens with one attached hydrogen (secondary N) is 1. The third kappa shape index (κ3) is 4.82. The maximum Gasteiger partial charge on any atom is 0.223 e. The van der Waals surface area contributed by atoms with E-state index < -0.39 is 0 Å². The fourth-order valence-electron chi connectivity index (χ4n) is 2.05. The van der Waals surface area contributed by atoms with Crippen LogP contribution in [0.4, 0.5) is 0 Å². The van der Waals surface area contributed by atoms with Crippen molar-refractivity contribution in [1.29, 1.82) is 5.26 Å². The lowest BCUT2D eigenvalue weighted by atomic mass is 9.81. The summed E-state index contributed by atoms with van der Waals surface area (Å²) in [6, 6.07) is 2.01. The minimum absolute atomic E-state index is 0. The van der Waals surface area contributed by atoms with Gasteiger partial charge >= 0.3 is 0 Å². The number of carbonyl (C=O) groups is 1. The third-order valence-electron chi connectivity index (χ3n) is 3.09.